The lowest BCUT2D eigenvalue weighted by Crippen LogP contribution is -2.18. The summed E-state index contributed by atoms with van der Waals surface area (Å²) in [4.78, 5) is 11.9. The molecule has 0 radical (unpaired) electrons. The third-order valence-electron chi connectivity index (χ3n) is 3.50. The van der Waals surface area contributed by atoms with Crippen LogP contribution in [0.5, 0.6) is 11.5 Å². The molecule has 0 amide bonds. The summed E-state index contributed by atoms with van der Waals surface area (Å²) in [6.45, 7) is 2.89. The Hall–Kier alpha value is -2.06. The predicted octanol–water partition coefficient (Wildman–Crippen LogP) is 5.35. The number of nitrogens with zero attached hydrogens (tertiary/aromatic N) is 1. The molecule has 1 N–H and O–H groups in total. The van der Waals surface area contributed by atoms with E-state index in [1.54, 1.807) is 18.7 Å². The van der Waals surface area contributed by atoms with Crippen molar-refractivity contribution < 1.29 is 23.3 Å². The summed E-state index contributed by atoms with van der Waals surface area (Å²) in [6, 6.07) is 11.8. The molecule has 10 heteroatoms. The van der Waals surface area contributed by atoms with E-state index in [1.807, 2.05) is 30.5 Å². The number of rotatable bonds is 9. The first kappa shape index (κ1) is 21.2. The summed E-state index contributed by atoms with van der Waals surface area (Å²) < 4.78 is 27.7. The molecule has 0 aliphatic carbocycles. The van der Waals surface area contributed by atoms with Gasteiger partial charge in [0.15, 0.2) is 0 Å². The van der Waals surface area contributed by atoms with Crippen molar-refractivity contribution in [1.82, 2.24) is 0 Å². The van der Waals surface area contributed by atoms with E-state index < -0.39 is 18.7 Å². The average Bonchev–Trinajstić information content (AvgIpc) is 2.61. The van der Waals surface area contributed by atoms with Gasteiger partial charge < -0.3 is 14.6 Å². The van der Waals surface area contributed by atoms with Gasteiger partial charge >= 0.3 is 7.60 Å². The fraction of sp³-hybridized carbons (Fsp3) is 0.294. The highest BCUT2D eigenvalue weighted by Crippen LogP contribution is 2.44. The Balaban J connectivity index is 2.22. The number of thioether (sulfide) groups is 1. The topological polar surface area (TPSA) is 99.9 Å². The Morgan fingerprint density at radius 2 is 1.81 bits per heavy atom. The summed E-state index contributed by atoms with van der Waals surface area (Å²) in [7, 11) is -1.97. The van der Waals surface area contributed by atoms with Crippen molar-refractivity contribution in [2.45, 2.75) is 18.0 Å². The van der Waals surface area contributed by atoms with Gasteiger partial charge in [0.2, 0.25) is 0 Å². The second kappa shape index (κ2) is 9.23. The molecule has 27 heavy (non-hydrogen) atoms. The van der Waals surface area contributed by atoms with Gasteiger partial charge in [-0.15, -0.1) is 11.8 Å². The van der Waals surface area contributed by atoms with E-state index in [0.29, 0.717) is 11.5 Å². The molecule has 2 aromatic rings. The normalized spacial score (nSPS) is 14.2. The molecule has 0 saturated heterocycles. The van der Waals surface area contributed by atoms with Crippen LogP contribution in [0, 0.1) is 10.1 Å². The Morgan fingerprint density at radius 3 is 2.37 bits per heavy atom. The average molecular weight is 412 g/mol. The van der Waals surface area contributed by atoms with Crippen molar-refractivity contribution in [1.29, 1.82) is 0 Å². The number of nitrogens with one attached hydrogen (secondary N) is 1. The highest BCUT2D eigenvalue weighted by molar-refractivity contribution is 7.98. The van der Waals surface area contributed by atoms with Crippen LogP contribution in [0.2, 0.25) is 0 Å². The van der Waals surface area contributed by atoms with Crippen molar-refractivity contribution in [2.24, 2.45) is 0 Å². The summed E-state index contributed by atoms with van der Waals surface area (Å²) in [5, 5.41) is 14.1. The largest absolute Gasteiger partial charge is 0.457 e. The molecule has 8 nitrogen and oxygen atoms in total. The molecule has 0 heterocycles. The zero-order chi connectivity index (χ0) is 20.0. The number of hydrogen-bond acceptors (Lipinski definition) is 8. The summed E-state index contributed by atoms with van der Waals surface area (Å²) in [6.07, 6.45) is 1.20. The molecule has 2 atom stereocenters. The van der Waals surface area contributed by atoms with E-state index in [1.165, 1.54) is 32.0 Å². The second-order valence-corrected chi connectivity index (χ2v) is 8.56. The number of benzene rings is 2. The van der Waals surface area contributed by atoms with Gasteiger partial charge in [0, 0.05) is 30.8 Å². The summed E-state index contributed by atoms with van der Waals surface area (Å²) >= 11 is 1.62. The molecule has 2 unspecified atom stereocenters. The van der Waals surface area contributed by atoms with E-state index >= 15 is 0 Å². The molecule has 2 rings (SSSR count). The number of ether oxygens (including phenoxy) is 1. The summed E-state index contributed by atoms with van der Waals surface area (Å²) in [5.74, 6) is 1.02. The van der Waals surface area contributed by atoms with Gasteiger partial charge in [0.1, 0.15) is 23.4 Å². The third-order valence-corrected chi connectivity index (χ3v) is 5.61. The first-order valence-corrected chi connectivity index (χ1v) is 11.1. The van der Waals surface area contributed by atoms with E-state index in [0.717, 1.165) is 4.90 Å². The van der Waals surface area contributed by atoms with Crippen LogP contribution in [0.1, 0.15) is 6.92 Å². The lowest BCUT2D eigenvalue weighted by atomic mass is 10.2. The van der Waals surface area contributed by atoms with Crippen molar-refractivity contribution in [2.75, 3.05) is 25.3 Å². The van der Waals surface area contributed by atoms with Crippen molar-refractivity contribution in [3.8, 4) is 11.5 Å². The quantitative estimate of drug-likeness (QED) is 0.193. The first-order chi connectivity index (χ1) is 12.7. The first-order valence-electron chi connectivity index (χ1n) is 7.92. The molecule has 0 aliphatic heterocycles. The molecule has 0 aromatic heterocycles. The van der Waals surface area contributed by atoms with Crippen LogP contribution in [-0.2, 0) is 13.6 Å². The van der Waals surface area contributed by atoms with Gasteiger partial charge in [0.05, 0.1) is 4.92 Å². The SMILES string of the molecule is COP(C)(=O)OC(C)Nc1cc(Oc2ccc(SC)cc2)ccc1[N+](=O)[O-]. The lowest BCUT2D eigenvalue weighted by molar-refractivity contribution is -0.384. The Morgan fingerprint density at radius 1 is 1.19 bits per heavy atom. The van der Waals surface area contributed by atoms with E-state index in [9.17, 15) is 14.7 Å². The maximum absolute atomic E-state index is 11.9. The summed E-state index contributed by atoms with van der Waals surface area (Å²) in [5.41, 5.74) is 0.0284. The molecule has 2 aromatic carbocycles. The molecule has 0 fully saturated rings. The lowest BCUT2D eigenvalue weighted by Gasteiger charge is -2.20. The molecular weight excluding hydrogens is 391 g/mol. The zero-order valence-corrected chi connectivity index (χ0v) is 17.1. The van der Waals surface area contributed by atoms with Gasteiger partial charge in [0.25, 0.3) is 5.69 Å². The number of nitro benzene ring substituents is 1. The van der Waals surface area contributed by atoms with Gasteiger partial charge in [-0.1, -0.05) is 0 Å². The fourth-order valence-corrected chi connectivity index (χ4v) is 3.33. The minimum absolute atomic E-state index is 0.154. The Labute approximate surface area is 161 Å². The maximum Gasteiger partial charge on any atom is 0.329 e. The monoisotopic (exact) mass is 412 g/mol. The Kier molecular flexibility index (Phi) is 7.26. The van der Waals surface area contributed by atoms with Crippen molar-refractivity contribution in [3.05, 3.63) is 52.6 Å². The molecule has 0 spiro atoms. The van der Waals surface area contributed by atoms with Gasteiger partial charge in [-0.3, -0.25) is 19.2 Å². The predicted molar refractivity (Wildman–Crippen MR) is 106 cm³/mol. The maximum atomic E-state index is 11.9. The molecular formula is C17H21N2O6PS. The minimum Gasteiger partial charge on any atom is -0.457 e. The number of hydrogen-bond donors (Lipinski definition) is 1. The van der Waals surface area contributed by atoms with Crippen LogP contribution in [0.4, 0.5) is 11.4 Å². The van der Waals surface area contributed by atoms with Crippen molar-refractivity contribution in [3.63, 3.8) is 0 Å². The third kappa shape index (κ3) is 6.25. The molecule has 0 aliphatic rings. The van der Waals surface area contributed by atoms with E-state index in [-0.39, 0.29) is 11.4 Å². The Bertz CT molecular complexity index is 846. The van der Waals surface area contributed by atoms with Crippen LogP contribution in [-0.4, -0.2) is 31.2 Å². The minimum atomic E-state index is -3.25. The molecule has 146 valence electrons. The fourth-order valence-electron chi connectivity index (χ4n) is 2.21. The molecule has 0 saturated carbocycles. The van der Waals surface area contributed by atoms with Gasteiger partial charge in [-0.25, -0.2) is 0 Å². The standard InChI is InChI=1S/C17H21N2O6PS/c1-12(25-26(3,22)23-2)18-16-11-14(7-10-17(16)19(20)21)24-13-5-8-15(27-4)9-6-13/h5-12,18H,1-4H3. The highest BCUT2D eigenvalue weighted by Gasteiger charge is 2.22. The van der Waals surface area contributed by atoms with Crippen LogP contribution < -0.4 is 10.1 Å². The smallest absolute Gasteiger partial charge is 0.329 e. The van der Waals surface area contributed by atoms with Crippen LogP contribution in [0.3, 0.4) is 0 Å². The highest BCUT2D eigenvalue weighted by atomic mass is 32.2. The van der Waals surface area contributed by atoms with Crippen LogP contribution in [0.25, 0.3) is 0 Å². The second-order valence-electron chi connectivity index (χ2n) is 5.56. The molecule has 0 bridgehead atoms. The van der Waals surface area contributed by atoms with Gasteiger partial charge in [-0.05, 0) is 43.5 Å². The zero-order valence-electron chi connectivity index (χ0n) is 15.4. The van der Waals surface area contributed by atoms with E-state index in [4.69, 9.17) is 13.8 Å². The van der Waals surface area contributed by atoms with Crippen molar-refractivity contribution >= 4 is 30.7 Å². The number of nitro groups is 1. The van der Waals surface area contributed by atoms with Crippen LogP contribution >= 0.6 is 19.4 Å². The van der Waals surface area contributed by atoms with Gasteiger partial charge in [-0.2, -0.15) is 0 Å². The van der Waals surface area contributed by atoms with E-state index in [2.05, 4.69) is 5.32 Å². The van der Waals surface area contributed by atoms with Crippen LogP contribution in [0.15, 0.2) is 47.4 Å². The number of anilines is 1.